The molecule has 33 heavy (non-hydrogen) atoms. The van der Waals surface area contributed by atoms with Gasteiger partial charge in [-0.05, 0) is 43.2 Å². The van der Waals surface area contributed by atoms with Crippen molar-refractivity contribution >= 4 is 28.6 Å². The highest BCUT2D eigenvalue weighted by Crippen LogP contribution is 2.23. The molecule has 3 heterocycles. The number of carbonyl (C=O) groups is 1. The van der Waals surface area contributed by atoms with Gasteiger partial charge in [0, 0.05) is 18.4 Å². The van der Waals surface area contributed by atoms with E-state index in [1.165, 1.54) is 0 Å². The predicted molar refractivity (Wildman–Crippen MR) is 126 cm³/mol. The number of aromatic nitrogens is 4. The second-order valence-electron chi connectivity index (χ2n) is 8.17. The number of aliphatic hydroxyl groups is 1. The lowest BCUT2D eigenvalue weighted by molar-refractivity contribution is -0.117. The fraction of sp³-hybridized carbons (Fsp3) is 0.250. The van der Waals surface area contributed by atoms with Crippen LogP contribution in [0.15, 0.2) is 67.1 Å². The summed E-state index contributed by atoms with van der Waals surface area (Å²) in [6, 6.07) is 17.2. The Kier molecular flexibility index (Phi) is 5.72. The molecule has 1 fully saturated rings. The molecule has 0 aliphatic carbocycles. The van der Waals surface area contributed by atoms with Gasteiger partial charge in [0.15, 0.2) is 0 Å². The maximum atomic E-state index is 12.4. The zero-order chi connectivity index (χ0) is 22.8. The van der Waals surface area contributed by atoms with E-state index in [-0.39, 0.29) is 11.9 Å². The first-order chi connectivity index (χ1) is 16.1. The van der Waals surface area contributed by atoms with E-state index in [1.807, 2.05) is 47.0 Å². The fourth-order valence-electron chi connectivity index (χ4n) is 3.99. The number of hydrogen-bond acceptors (Lipinski definition) is 7. The molecule has 1 saturated heterocycles. The molecule has 2 aromatic carbocycles. The fourth-order valence-corrected chi connectivity index (χ4v) is 3.99. The van der Waals surface area contributed by atoms with Gasteiger partial charge in [0.05, 0.1) is 29.2 Å². The molecule has 0 spiro atoms. The molecule has 168 valence electrons. The number of anilines is 2. The second kappa shape index (κ2) is 8.97. The lowest BCUT2D eigenvalue weighted by Crippen LogP contribution is -2.35. The standard InChI is InChI=1S/C24H25N7O2/c1-15(16-5-3-2-4-6-16)28-24-25-10-9-22(30-24)31-14-27-19-11-17(7-8-21(19)31)29-23(33)20-12-18(32)13-26-20/h2-11,14-15,18,20,26,32H,12-13H2,1H3,(H,29,33)(H,25,28,30). The minimum atomic E-state index is -0.484. The van der Waals surface area contributed by atoms with Gasteiger partial charge in [-0.25, -0.2) is 9.97 Å². The van der Waals surface area contributed by atoms with Gasteiger partial charge in [-0.2, -0.15) is 4.98 Å². The topological polar surface area (TPSA) is 117 Å². The van der Waals surface area contributed by atoms with Crippen LogP contribution in [0.5, 0.6) is 0 Å². The Morgan fingerprint density at radius 2 is 2.03 bits per heavy atom. The Hall–Kier alpha value is -3.82. The molecule has 0 bridgehead atoms. The SMILES string of the molecule is CC(Nc1nccc(-n2cnc3cc(NC(=O)C4CC(O)CN4)ccc32)n1)c1ccccc1. The van der Waals surface area contributed by atoms with Crippen LogP contribution in [0.1, 0.15) is 24.9 Å². The van der Waals surface area contributed by atoms with Crippen LogP contribution >= 0.6 is 0 Å². The van der Waals surface area contributed by atoms with E-state index in [0.717, 1.165) is 16.6 Å². The maximum Gasteiger partial charge on any atom is 0.241 e. The lowest BCUT2D eigenvalue weighted by atomic mass is 10.1. The van der Waals surface area contributed by atoms with Gasteiger partial charge < -0.3 is 21.1 Å². The lowest BCUT2D eigenvalue weighted by Gasteiger charge is -2.14. The van der Waals surface area contributed by atoms with Crippen molar-refractivity contribution in [3.8, 4) is 5.82 Å². The van der Waals surface area contributed by atoms with Gasteiger partial charge in [0.25, 0.3) is 0 Å². The second-order valence-corrected chi connectivity index (χ2v) is 8.17. The largest absolute Gasteiger partial charge is 0.392 e. The number of aliphatic hydroxyl groups excluding tert-OH is 1. The first-order valence-corrected chi connectivity index (χ1v) is 10.9. The van der Waals surface area contributed by atoms with Crippen LogP contribution in [0.3, 0.4) is 0 Å². The van der Waals surface area contributed by atoms with Crippen LogP contribution in [-0.2, 0) is 4.79 Å². The molecule has 2 aromatic heterocycles. The van der Waals surface area contributed by atoms with Crippen LogP contribution < -0.4 is 16.0 Å². The third-order valence-corrected chi connectivity index (χ3v) is 5.77. The van der Waals surface area contributed by atoms with E-state index in [1.54, 1.807) is 12.5 Å². The molecule has 4 N–H and O–H groups in total. The van der Waals surface area contributed by atoms with Gasteiger partial charge in [-0.15, -0.1) is 0 Å². The molecule has 1 aliphatic heterocycles. The quantitative estimate of drug-likeness (QED) is 0.362. The van der Waals surface area contributed by atoms with Gasteiger partial charge in [0.2, 0.25) is 11.9 Å². The van der Waals surface area contributed by atoms with Crippen molar-refractivity contribution < 1.29 is 9.90 Å². The predicted octanol–water partition coefficient (Wildman–Crippen LogP) is 2.65. The van der Waals surface area contributed by atoms with Crippen molar-refractivity contribution in [2.24, 2.45) is 0 Å². The van der Waals surface area contributed by atoms with Crippen molar-refractivity contribution in [3.63, 3.8) is 0 Å². The third kappa shape index (κ3) is 4.55. The number of imidazole rings is 1. The van der Waals surface area contributed by atoms with Crippen LogP contribution in [0.2, 0.25) is 0 Å². The van der Waals surface area contributed by atoms with E-state index in [2.05, 4.69) is 50.0 Å². The van der Waals surface area contributed by atoms with Crippen molar-refractivity contribution in [1.82, 2.24) is 24.8 Å². The highest BCUT2D eigenvalue weighted by atomic mass is 16.3. The number of nitrogens with one attached hydrogen (secondary N) is 3. The molecular formula is C24H25N7O2. The molecule has 3 unspecified atom stereocenters. The first kappa shape index (κ1) is 21.0. The smallest absolute Gasteiger partial charge is 0.241 e. The number of benzene rings is 2. The van der Waals surface area contributed by atoms with E-state index in [4.69, 9.17) is 0 Å². The molecule has 4 aromatic rings. The normalized spacial score (nSPS) is 18.8. The number of rotatable bonds is 6. The Morgan fingerprint density at radius 1 is 1.18 bits per heavy atom. The molecule has 9 heteroatoms. The van der Waals surface area contributed by atoms with E-state index < -0.39 is 12.1 Å². The summed E-state index contributed by atoms with van der Waals surface area (Å²) >= 11 is 0. The summed E-state index contributed by atoms with van der Waals surface area (Å²) in [6.45, 7) is 2.50. The van der Waals surface area contributed by atoms with Crippen molar-refractivity contribution in [1.29, 1.82) is 0 Å². The van der Waals surface area contributed by atoms with Crippen LogP contribution in [-0.4, -0.2) is 49.2 Å². The maximum absolute atomic E-state index is 12.4. The van der Waals surface area contributed by atoms with E-state index in [0.29, 0.717) is 30.4 Å². The van der Waals surface area contributed by atoms with Gasteiger partial charge in [-0.1, -0.05) is 30.3 Å². The van der Waals surface area contributed by atoms with Crippen molar-refractivity contribution in [3.05, 3.63) is 72.7 Å². The molecular weight excluding hydrogens is 418 g/mol. The average molecular weight is 444 g/mol. The van der Waals surface area contributed by atoms with Gasteiger partial charge in [-0.3, -0.25) is 9.36 Å². The minimum Gasteiger partial charge on any atom is -0.392 e. The van der Waals surface area contributed by atoms with Gasteiger partial charge >= 0.3 is 0 Å². The highest BCUT2D eigenvalue weighted by Gasteiger charge is 2.28. The molecule has 1 aliphatic rings. The molecule has 0 saturated carbocycles. The Bertz CT molecular complexity index is 1270. The van der Waals surface area contributed by atoms with E-state index in [9.17, 15) is 9.90 Å². The average Bonchev–Trinajstić information content (AvgIpc) is 3.46. The molecule has 9 nitrogen and oxygen atoms in total. The number of hydrogen-bond donors (Lipinski definition) is 4. The number of fused-ring (bicyclic) bond motifs is 1. The van der Waals surface area contributed by atoms with Crippen LogP contribution in [0, 0.1) is 0 Å². The van der Waals surface area contributed by atoms with Crippen molar-refractivity contribution in [2.75, 3.05) is 17.2 Å². The summed E-state index contributed by atoms with van der Waals surface area (Å²) < 4.78 is 1.88. The Labute approximate surface area is 190 Å². The number of β-amino-alcohol motifs (C(OH)–C–C–N with tert-alkyl or cyclic N) is 1. The summed E-state index contributed by atoms with van der Waals surface area (Å²) in [5.74, 6) is 1.06. The highest BCUT2D eigenvalue weighted by molar-refractivity contribution is 5.96. The summed E-state index contributed by atoms with van der Waals surface area (Å²) in [7, 11) is 0. The Balaban J connectivity index is 1.34. The number of carbonyl (C=O) groups excluding carboxylic acids is 1. The monoisotopic (exact) mass is 443 g/mol. The number of amides is 1. The Morgan fingerprint density at radius 3 is 2.82 bits per heavy atom. The molecule has 3 atom stereocenters. The summed E-state index contributed by atoms with van der Waals surface area (Å²) in [5, 5.41) is 18.9. The summed E-state index contributed by atoms with van der Waals surface area (Å²) in [5.41, 5.74) is 3.40. The van der Waals surface area contributed by atoms with E-state index >= 15 is 0 Å². The zero-order valence-corrected chi connectivity index (χ0v) is 18.1. The van der Waals surface area contributed by atoms with Crippen LogP contribution in [0.4, 0.5) is 11.6 Å². The minimum absolute atomic E-state index is 0.0580. The third-order valence-electron chi connectivity index (χ3n) is 5.77. The summed E-state index contributed by atoms with van der Waals surface area (Å²) in [4.78, 5) is 25.9. The first-order valence-electron chi connectivity index (χ1n) is 10.9. The molecule has 1 amide bonds. The molecule has 0 radical (unpaired) electrons. The van der Waals surface area contributed by atoms with Gasteiger partial charge in [0.1, 0.15) is 12.1 Å². The van der Waals surface area contributed by atoms with Crippen LogP contribution in [0.25, 0.3) is 16.9 Å². The summed E-state index contributed by atoms with van der Waals surface area (Å²) in [6.07, 6.45) is 3.35. The molecule has 5 rings (SSSR count). The zero-order valence-electron chi connectivity index (χ0n) is 18.1. The van der Waals surface area contributed by atoms with Crippen molar-refractivity contribution in [2.45, 2.75) is 31.5 Å². The number of nitrogens with zero attached hydrogens (tertiary/aromatic N) is 4.